The number of pyridine rings is 1. The van der Waals surface area contributed by atoms with Crippen LogP contribution in [-0.4, -0.2) is 23.1 Å². The molecule has 0 saturated heterocycles. The minimum absolute atomic E-state index is 0.0425. The van der Waals surface area contributed by atoms with Crippen LogP contribution in [0.2, 0.25) is 0 Å². The third kappa shape index (κ3) is 3.94. The Hall–Kier alpha value is -1.11. The van der Waals surface area contributed by atoms with Crippen LogP contribution in [0.15, 0.2) is 22.9 Å². The Balaban J connectivity index is 1.96. The number of hydrogen-bond donors (Lipinski definition) is 1. The lowest BCUT2D eigenvalue weighted by molar-refractivity contribution is -0.183. The summed E-state index contributed by atoms with van der Waals surface area (Å²) in [4.78, 5) is 15.9. The summed E-state index contributed by atoms with van der Waals surface area (Å²) in [6.45, 7) is 0. The molecule has 0 radical (unpaired) electrons. The zero-order valence-electron chi connectivity index (χ0n) is 10.6. The maximum Gasteiger partial charge on any atom is 0.391 e. The third-order valence-electron chi connectivity index (χ3n) is 3.46. The van der Waals surface area contributed by atoms with E-state index in [0.29, 0.717) is 23.0 Å². The predicted molar refractivity (Wildman–Crippen MR) is 71.2 cm³/mol. The Morgan fingerprint density at radius 1 is 1.35 bits per heavy atom. The number of hydrogen-bond acceptors (Lipinski definition) is 2. The molecule has 7 heteroatoms. The predicted octanol–water partition coefficient (Wildman–Crippen LogP) is 3.70. The van der Waals surface area contributed by atoms with Crippen LogP contribution in [0.3, 0.4) is 0 Å². The van der Waals surface area contributed by atoms with E-state index in [1.807, 2.05) is 0 Å². The number of amides is 1. The van der Waals surface area contributed by atoms with Crippen molar-refractivity contribution in [2.24, 2.45) is 5.92 Å². The van der Waals surface area contributed by atoms with Gasteiger partial charge in [-0.15, -0.1) is 0 Å². The second-order valence-electron chi connectivity index (χ2n) is 4.95. The molecule has 1 fully saturated rings. The minimum atomic E-state index is -4.18. The normalized spacial score (nSPS) is 23.4. The molecule has 1 aliphatic carbocycles. The van der Waals surface area contributed by atoms with E-state index in [2.05, 4.69) is 26.2 Å². The molecule has 0 bridgehead atoms. The molecule has 110 valence electrons. The van der Waals surface area contributed by atoms with Crippen molar-refractivity contribution in [1.82, 2.24) is 10.3 Å². The van der Waals surface area contributed by atoms with Gasteiger partial charge in [-0.2, -0.15) is 13.2 Å². The fourth-order valence-electron chi connectivity index (χ4n) is 2.40. The molecule has 0 aliphatic heterocycles. The van der Waals surface area contributed by atoms with Crippen molar-refractivity contribution in [2.45, 2.75) is 37.9 Å². The van der Waals surface area contributed by atoms with Crippen LogP contribution in [0, 0.1) is 5.92 Å². The van der Waals surface area contributed by atoms with Gasteiger partial charge in [0.2, 0.25) is 0 Å². The van der Waals surface area contributed by atoms with Gasteiger partial charge < -0.3 is 5.32 Å². The first-order valence-electron chi connectivity index (χ1n) is 6.35. The van der Waals surface area contributed by atoms with E-state index >= 15 is 0 Å². The summed E-state index contributed by atoms with van der Waals surface area (Å²) >= 11 is 3.15. The number of nitrogens with one attached hydrogen (secondary N) is 1. The van der Waals surface area contributed by atoms with Crippen LogP contribution >= 0.6 is 15.9 Å². The van der Waals surface area contributed by atoms with Gasteiger partial charge in [0.15, 0.2) is 0 Å². The molecule has 1 heterocycles. The lowest BCUT2D eigenvalue weighted by atomic mass is 9.85. The van der Waals surface area contributed by atoms with Crippen LogP contribution in [0.4, 0.5) is 13.2 Å². The van der Waals surface area contributed by atoms with Crippen molar-refractivity contribution in [1.29, 1.82) is 0 Å². The molecule has 1 N–H and O–H groups in total. The lowest BCUT2D eigenvalue weighted by Gasteiger charge is -2.31. The van der Waals surface area contributed by atoms with Crippen molar-refractivity contribution < 1.29 is 18.0 Å². The Morgan fingerprint density at radius 3 is 2.70 bits per heavy atom. The highest BCUT2D eigenvalue weighted by molar-refractivity contribution is 9.10. The summed E-state index contributed by atoms with van der Waals surface area (Å²) in [5.41, 5.74) is 0.349. The lowest BCUT2D eigenvalue weighted by Crippen LogP contribution is -2.41. The zero-order valence-corrected chi connectivity index (χ0v) is 12.2. The molecule has 0 spiro atoms. The van der Waals surface area contributed by atoms with Crippen LogP contribution < -0.4 is 5.32 Å². The average Bonchev–Trinajstić information content (AvgIpc) is 2.38. The molecule has 1 saturated carbocycles. The summed E-state index contributed by atoms with van der Waals surface area (Å²) < 4.78 is 38.7. The molecule has 20 heavy (non-hydrogen) atoms. The Labute approximate surface area is 123 Å². The van der Waals surface area contributed by atoms with Crippen molar-refractivity contribution in [3.63, 3.8) is 0 Å². The van der Waals surface area contributed by atoms with Crippen LogP contribution in [0.1, 0.15) is 36.0 Å². The number of aromatic nitrogens is 1. The summed E-state index contributed by atoms with van der Waals surface area (Å²) in [6, 6.07) is 2.77. The van der Waals surface area contributed by atoms with Crippen molar-refractivity contribution in [3.8, 4) is 0 Å². The number of carbonyl (C=O) groups excluding carboxylic acids is 1. The summed E-state index contributed by atoms with van der Waals surface area (Å²) in [7, 11) is 0. The minimum Gasteiger partial charge on any atom is -0.349 e. The number of alkyl halides is 3. The van der Waals surface area contributed by atoms with Gasteiger partial charge in [0, 0.05) is 12.2 Å². The second kappa shape index (κ2) is 6.11. The Morgan fingerprint density at radius 2 is 2.10 bits per heavy atom. The third-order valence-corrected chi connectivity index (χ3v) is 3.93. The van der Waals surface area contributed by atoms with E-state index in [1.54, 1.807) is 12.1 Å². The highest BCUT2D eigenvalue weighted by Gasteiger charge is 2.42. The molecule has 0 aromatic carbocycles. The van der Waals surface area contributed by atoms with Gasteiger partial charge >= 0.3 is 6.18 Å². The van der Waals surface area contributed by atoms with Gasteiger partial charge in [-0.05, 0) is 47.3 Å². The van der Waals surface area contributed by atoms with Gasteiger partial charge in [0.05, 0.1) is 11.5 Å². The molecular weight excluding hydrogens is 337 g/mol. The zero-order chi connectivity index (χ0) is 14.8. The molecule has 1 aliphatic rings. The molecule has 1 aromatic rings. The summed E-state index contributed by atoms with van der Waals surface area (Å²) in [6.07, 6.45) is -1.61. The quantitative estimate of drug-likeness (QED) is 0.826. The fourth-order valence-corrected chi connectivity index (χ4v) is 2.63. The van der Waals surface area contributed by atoms with Crippen molar-refractivity contribution in [3.05, 3.63) is 28.5 Å². The smallest absolute Gasteiger partial charge is 0.349 e. The second-order valence-corrected chi connectivity index (χ2v) is 5.76. The first-order valence-corrected chi connectivity index (χ1v) is 7.14. The first-order chi connectivity index (χ1) is 9.36. The SMILES string of the molecule is O=C(NC1CCCC(C(F)(F)F)C1)c1ccc(Br)nc1. The van der Waals surface area contributed by atoms with Gasteiger partial charge in [-0.1, -0.05) is 6.42 Å². The van der Waals surface area contributed by atoms with Crippen LogP contribution in [0.5, 0.6) is 0 Å². The summed E-state index contributed by atoms with van der Waals surface area (Å²) in [5, 5.41) is 2.66. The topological polar surface area (TPSA) is 42.0 Å². The number of rotatable bonds is 2. The van der Waals surface area contributed by atoms with Gasteiger partial charge in [-0.25, -0.2) is 4.98 Å². The number of carbonyl (C=O) groups is 1. The van der Waals surface area contributed by atoms with E-state index in [1.165, 1.54) is 6.20 Å². The largest absolute Gasteiger partial charge is 0.391 e. The van der Waals surface area contributed by atoms with Crippen molar-refractivity contribution >= 4 is 21.8 Å². The molecule has 3 nitrogen and oxygen atoms in total. The number of halogens is 4. The summed E-state index contributed by atoms with van der Waals surface area (Å²) in [5.74, 6) is -1.69. The standard InChI is InChI=1S/C13H14BrF3N2O/c14-11-5-4-8(7-18-11)12(20)19-10-3-1-2-9(6-10)13(15,16)17/h4-5,7,9-10H,1-3,6H2,(H,19,20). The molecule has 2 unspecified atom stereocenters. The molecule has 1 aromatic heterocycles. The number of nitrogens with zero attached hydrogens (tertiary/aromatic N) is 1. The maximum atomic E-state index is 12.7. The highest BCUT2D eigenvalue weighted by Crippen LogP contribution is 2.37. The van der Waals surface area contributed by atoms with Crippen LogP contribution in [0.25, 0.3) is 0 Å². The van der Waals surface area contributed by atoms with Gasteiger partial charge in [-0.3, -0.25) is 4.79 Å². The maximum absolute atomic E-state index is 12.7. The monoisotopic (exact) mass is 350 g/mol. The Bertz CT molecular complexity index is 475. The first kappa shape index (κ1) is 15.3. The van der Waals surface area contributed by atoms with Crippen LogP contribution in [-0.2, 0) is 0 Å². The average molecular weight is 351 g/mol. The van der Waals surface area contributed by atoms with Gasteiger partial charge in [0.25, 0.3) is 5.91 Å². The highest BCUT2D eigenvalue weighted by atomic mass is 79.9. The van der Waals surface area contributed by atoms with E-state index < -0.39 is 18.1 Å². The fraction of sp³-hybridized carbons (Fsp3) is 0.538. The Kier molecular flexibility index (Phi) is 4.67. The van der Waals surface area contributed by atoms with E-state index in [9.17, 15) is 18.0 Å². The molecule has 2 atom stereocenters. The molecule has 2 rings (SSSR count). The molecular formula is C13H14BrF3N2O. The van der Waals surface area contributed by atoms with Gasteiger partial charge in [0.1, 0.15) is 4.60 Å². The van der Waals surface area contributed by atoms with E-state index in [-0.39, 0.29) is 18.7 Å². The molecule has 1 amide bonds. The van der Waals surface area contributed by atoms with Crippen molar-refractivity contribution in [2.75, 3.05) is 0 Å². The van der Waals surface area contributed by atoms with E-state index in [0.717, 1.165) is 0 Å². The van der Waals surface area contributed by atoms with E-state index in [4.69, 9.17) is 0 Å².